The summed E-state index contributed by atoms with van der Waals surface area (Å²) in [5, 5.41) is 2.09. The van der Waals surface area contributed by atoms with Gasteiger partial charge in [-0.25, -0.2) is 0 Å². The van der Waals surface area contributed by atoms with Crippen molar-refractivity contribution < 1.29 is 0 Å². The first-order chi connectivity index (χ1) is 8.29. The maximum atomic E-state index is 6.15. The third-order valence-electron chi connectivity index (χ3n) is 3.08. The molecule has 0 saturated carbocycles. The lowest BCUT2D eigenvalue weighted by molar-refractivity contribution is 0.662. The molecular formula is C15H19NS. The first-order valence-corrected chi connectivity index (χ1v) is 7.04. The molecular weight excluding hydrogens is 226 g/mol. The average Bonchev–Trinajstić information content (AvgIpc) is 2.90. The summed E-state index contributed by atoms with van der Waals surface area (Å²) in [5.41, 5.74) is 8.94. The third-order valence-corrected chi connectivity index (χ3v) is 4.09. The van der Waals surface area contributed by atoms with E-state index in [1.165, 1.54) is 16.0 Å². The van der Waals surface area contributed by atoms with Crippen LogP contribution in [0.4, 0.5) is 0 Å². The molecule has 1 unspecified atom stereocenters. The molecule has 90 valence electrons. The van der Waals surface area contributed by atoms with Crippen LogP contribution in [0, 0.1) is 0 Å². The summed E-state index contributed by atoms with van der Waals surface area (Å²) in [4.78, 5) is 1.29. The van der Waals surface area contributed by atoms with E-state index in [1.807, 2.05) is 0 Å². The molecule has 0 saturated heterocycles. The molecule has 1 heterocycles. The molecule has 0 bridgehead atoms. The van der Waals surface area contributed by atoms with Crippen LogP contribution < -0.4 is 5.73 Å². The first-order valence-electron chi connectivity index (χ1n) is 6.16. The van der Waals surface area contributed by atoms with Crippen molar-refractivity contribution in [3.8, 4) is 0 Å². The molecule has 1 aromatic carbocycles. The minimum atomic E-state index is 0.181. The highest BCUT2D eigenvalue weighted by Gasteiger charge is 2.06. The second-order valence-electron chi connectivity index (χ2n) is 4.33. The van der Waals surface area contributed by atoms with Gasteiger partial charge in [-0.15, -0.1) is 11.3 Å². The standard InChI is InChI=1S/C15H19NS/c1-2-12-5-7-13(8-6-12)9-10-14(16)15-4-3-11-17-15/h3-8,11,14H,2,9-10,16H2,1H3. The van der Waals surface area contributed by atoms with Gasteiger partial charge in [-0.1, -0.05) is 37.3 Å². The summed E-state index contributed by atoms with van der Waals surface area (Å²) in [6, 6.07) is 13.2. The van der Waals surface area contributed by atoms with E-state index in [0.29, 0.717) is 0 Å². The Morgan fingerprint density at radius 2 is 1.82 bits per heavy atom. The number of thiophene rings is 1. The monoisotopic (exact) mass is 245 g/mol. The van der Waals surface area contributed by atoms with Crippen LogP contribution in [-0.4, -0.2) is 0 Å². The lowest BCUT2D eigenvalue weighted by Crippen LogP contribution is -2.09. The van der Waals surface area contributed by atoms with Gasteiger partial charge in [0.05, 0.1) is 0 Å². The maximum Gasteiger partial charge on any atom is 0.0392 e. The highest BCUT2D eigenvalue weighted by Crippen LogP contribution is 2.21. The smallest absolute Gasteiger partial charge is 0.0392 e. The zero-order chi connectivity index (χ0) is 12.1. The van der Waals surface area contributed by atoms with Crippen molar-refractivity contribution in [3.63, 3.8) is 0 Å². The molecule has 0 fully saturated rings. The lowest BCUT2D eigenvalue weighted by atomic mass is 10.0. The van der Waals surface area contributed by atoms with Gasteiger partial charge in [0.25, 0.3) is 0 Å². The van der Waals surface area contributed by atoms with E-state index < -0.39 is 0 Å². The highest BCUT2D eigenvalue weighted by molar-refractivity contribution is 7.10. The summed E-state index contributed by atoms with van der Waals surface area (Å²) in [6.07, 6.45) is 3.18. The summed E-state index contributed by atoms with van der Waals surface area (Å²) >= 11 is 1.75. The number of rotatable bonds is 5. The van der Waals surface area contributed by atoms with Gasteiger partial charge in [-0.3, -0.25) is 0 Å². The Labute approximate surface area is 107 Å². The molecule has 1 atom stereocenters. The van der Waals surface area contributed by atoms with Gasteiger partial charge in [0, 0.05) is 10.9 Å². The molecule has 0 aliphatic carbocycles. The Hall–Kier alpha value is -1.12. The number of nitrogens with two attached hydrogens (primary N) is 1. The van der Waals surface area contributed by atoms with Crippen molar-refractivity contribution in [2.45, 2.75) is 32.2 Å². The topological polar surface area (TPSA) is 26.0 Å². The van der Waals surface area contributed by atoms with Gasteiger partial charge >= 0.3 is 0 Å². The highest BCUT2D eigenvalue weighted by atomic mass is 32.1. The predicted molar refractivity (Wildman–Crippen MR) is 75.4 cm³/mol. The molecule has 2 rings (SSSR count). The van der Waals surface area contributed by atoms with Crippen molar-refractivity contribution in [1.82, 2.24) is 0 Å². The lowest BCUT2D eigenvalue weighted by Gasteiger charge is -2.09. The Bertz CT molecular complexity index is 430. The Morgan fingerprint density at radius 3 is 2.41 bits per heavy atom. The summed E-state index contributed by atoms with van der Waals surface area (Å²) in [5.74, 6) is 0. The quantitative estimate of drug-likeness (QED) is 0.848. The van der Waals surface area contributed by atoms with Crippen LogP contribution in [0.15, 0.2) is 41.8 Å². The van der Waals surface area contributed by atoms with Crippen LogP contribution in [0.5, 0.6) is 0 Å². The molecule has 17 heavy (non-hydrogen) atoms. The van der Waals surface area contributed by atoms with Crippen LogP contribution in [0.1, 0.15) is 35.4 Å². The van der Waals surface area contributed by atoms with Crippen molar-refractivity contribution in [2.75, 3.05) is 0 Å². The third kappa shape index (κ3) is 3.42. The van der Waals surface area contributed by atoms with E-state index in [0.717, 1.165) is 19.3 Å². The second kappa shape index (κ2) is 5.99. The van der Waals surface area contributed by atoms with E-state index in [1.54, 1.807) is 11.3 Å². The van der Waals surface area contributed by atoms with Crippen LogP contribution >= 0.6 is 11.3 Å². The summed E-state index contributed by atoms with van der Waals surface area (Å²) in [7, 11) is 0. The molecule has 0 aliphatic heterocycles. The van der Waals surface area contributed by atoms with Crippen molar-refractivity contribution in [1.29, 1.82) is 0 Å². The molecule has 2 N–H and O–H groups in total. The van der Waals surface area contributed by atoms with Crippen LogP contribution in [-0.2, 0) is 12.8 Å². The SMILES string of the molecule is CCc1ccc(CCC(N)c2cccs2)cc1. The average molecular weight is 245 g/mol. The summed E-state index contributed by atoms with van der Waals surface area (Å²) in [6.45, 7) is 2.18. The normalized spacial score (nSPS) is 12.6. The van der Waals surface area contributed by atoms with Gasteiger partial charge in [0.1, 0.15) is 0 Å². The van der Waals surface area contributed by atoms with Crippen molar-refractivity contribution >= 4 is 11.3 Å². The minimum Gasteiger partial charge on any atom is -0.323 e. The molecule has 1 nitrogen and oxygen atoms in total. The number of benzene rings is 1. The van der Waals surface area contributed by atoms with Gasteiger partial charge in [0.2, 0.25) is 0 Å². The zero-order valence-electron chi connectivity index (χ0n) is 10.2. The first kappa shape index (κ1) is 12.3. The Morgan fingerprint density at radius 1 is 1.12 bits per heavy atom. The molecule has 0 aliphatic rings. The summed E-state index contributed by atoms with van der Waals surface area (Å²) < 4.78 is 0. The van der Waals surface area contributed by atoms with E-state index in [4.69, 9.17) is 5.73 Å². The van der Waals surface area contributed by atoms with E-state index in [9.17, 15) is 0 Å². The number of aryl methyl sites for hydroxylation is 2. The van der Waals surface area contributed by atoms with E-state index in [2.05, 4.69) is 48.7 Å². The van der Waals surface area contributed by atoms with Crippen molar-refractivity contribution in [3.05, 3.63) is 57.8 Å². The second-order valence-corrected chi connectivity index (χ2v) is 5.31. The van der Waals surface area contributed by atoms with Gasteiger partial charge in [-0.2, -0.15) is 0 Å². The van der Waals surface area contributed by atoms with Crippen LogP contribution in [0.2, 0.25) is 0 Å². The largest absolute Gasteiger partial charge is 0.323 e. The predicted octanol–water partition coefficient (Wildman–Crippen LogP) is 3.94. The fourth-order valence-corrected chi connectivity index (χ4v) is 2.67. The van der Waals surface area contributed by atoms with Gasteiger partial charge in [-0.05, 0) is 41.8 Å². The molecule has 2 aromatic rings. The van der Waals surface area contributed by atoms with E-state index >= 15 is 0 Å². The van der Waals surface area contributed by atoms with Crippen LogP contribution in [0.25, 0.3) is 0 Å². The molecule has 1 aromatic heterocycles. The Balaban J connectivity index is 1.89. The van der Waals surface area contributed by atoms with Gasteiger partial charge < -0.3 is 5.73 Å². The zero-order valence-corrected chi connectivity index (χ0v) is 11.0. The fraction of sp³-hybridized carbons (Fsp3) is 0.333. The molecule has 0 spiro atoms. The fourth-order valence-electron chi connectivity index (χ4n) is 1.91. The number of hydrogen-bond donors (Lipinski definition) is 1. The molecule has 2 heteroatoms. The minimum absolute atomic E-state index is 0.181. The van der Waals surface area contributed by atoms with Gasteiger partial charge in [0.15, 0.2) is 0 Å². The Kier molecular flexibility index (Phi) is 4.35. The maximum absolute atomic E-state index is 6.15. The van der Waals surface area contributed by atoms with Crippen LogP contribution in [0.3, 0.4) is 0 Å². The number of hydrogen-bond acceptors (Lipinski definition) is 2. The molecule has 0 radical (unpaired) electrons. The van der Waals surface area contributed by atoms with E-state index in [-0.39, 0.29) is 6.04 Å². The van der Waals surface area contributed by atoms with Crippen molar-refractivity contribution in [2.24, 2.45) is 5.73 Å². The molecule has 0 amide bonds.